The number of rotatable bonds is 5. The molecular weight excluding hydrogens is 370 g/mol. The molecule has 2 N–H and O–H groups in total. The zero-order valence-corrected chi connectivity index (χ0v) is 17.3. The lowest BCUT2D eigenvalue weighted by Gasteiger charge is -2.39. The molecular formula is C22H31N3O2S. The number of amides is 1. The van der Waals surface area contributed by atoms with E-state index in [2.05, 4.69) is 53.0 Å². The van der Waals surface area contributed by atoms with Crippen molar-refractivity contribution in [1.29, 1.82) is 0 Å². The highest BCUT2D eigenvalue weighted by molar-refractivity contribution is 7.96. The standard InChI is InChI=1S/C22H31N3O2S/c26-15-18(13-16-5-9-25(10-6-16)22(27)28)24-11-7-17(8-12-24)20-14-23-21-4-2-1-3-19(20)21/h1-4,14,16-18,23,26H,5-13,15H2,(H,27,28). The molecule has 0 spiro atoms. The predicted molar refractivity (Wildman–Crippen MR) is 116 cm³/mol. The molecule has 1 aromatic carbocycles. The number of carbonyl (C=O) groups is 1. The maximum absolute atomic E-state index is 11.4. The number of aliphatic hydroxyl groups excluding tert-OH is 1. The number of aliphatic hydroxyl groups is 1. The minimum absolute atomic E-state index is 0.114. The number of piperidine rings is 2. The summed E-state index contributed by atoms with van der Waals surface area (Å²) in [5.41, 5.74) is 2.67. The second kappa shape index (κ2) is 8.89. The van der Waals surface area contributed by atoms with E-state index in [1.807, 2.05) is 4.90 Å². The number of nitrogens with one attached hydrogen (secondary N) is 1. The van der Waals surface area contributed by atoms with Gasteiger partial charge in [-0.05, 0) is 68.7 Å². The molecule has 2 aromatic rings. The molecule has 5 nitrogen and oxygen atoms in total. The average molecular weight is 402 g/mol. The van der Waals surface area contributed by atoms with Crippen LogP contribution in [0.5, 0.6) is 0 Å². The van der Waals surface area contributed by atoms with Crippen molar-refractivity contribution in [2.45, 2.75) is 44.1 Å². The van der Waals surface area contributed by atoms with Gasteiger partial charge in [0.05, 0.1) is 6.61 Å². The lowest BCUT2D eigenvalue weighted by molar-refractivity contribution is 0.0723. The van der Waals surface area contributed by atoms with E-state index in [0.29, 0.717) is 11.8 Å². The van der Waals surface area contributed by atoms with Gasteiger partial charge in [0.2, 0.25) is 0 Å². The molecule has 1 aromatic heterocycles. The van der Waals surface area contributed by atoms with E-state index in [9.17, 15) is 9.90 Å². The fourth-order valence-corrected chi connectivity index (χ4v) is 5.29. The van der Waals surface area contributed by atoms with Gasteiger partial charge in [-0.3, -0.25) is 9.69 Å². The van der Waals surface area contributed by atoms with Gasteiger partial charge in [0.25, 0.3) is 5.24 Å². The Kier molecular flexibility index (Phi) is 6.28. The third kappa shape index (κ3) is 4.24. The Balaban J connectivity index is 1.31. The molecule has 2 fully saturated rings. The van der Waals surface area contributed by atoms with Gasteiger partial charge in [0.15, 0.2) is 0 Å². The molecule has 0 radical (unpaired) electrons. The number of benzene rings is 1. The average Bonchev–Trinajstić information content (AvgIpc) is 3.17. The van der Waals surface area contributed by atoms with Gasteiger partial charge in [0.1, 0.15) is 0 Å². The van der Waals surface area contributed by atoms with Crippen LogP contribution in [0, 0.1) is 5.92 Å². The zero-order chi connectivity index (χ0) is 19.5. The summed E-state index contributed by atoms with van der Waals surface area (Å²) in [6.45, 7) is 3.91. The van der Waals surface area contributed by atoms with Gasteiger partial charge in [-0.15, -0.1) is 0 Å². The van der Waals surface area contributed by atoms with E-state index >= 15 is 0 Å². The van der Waals surface area contributed by atoms with Gasteiger partial charge in [-0.25, -0.2) is 0 Å². The number of aromatic nitrogens is 1. The van der Waals surface area contributed by atoms with Crippen LogP contribution in [0.2, 0.25) is 0 Å². The summed E-state index contributed by atoms with van der Waals surface area (Å²) in [5.74, 6) is 1.18. The molecule has 0 bridgehead atoms. The number of thiol groups is 1. The van der Waals surface area contributed by atoms with E-state index in [1.165, 1.54) is 16.5 Å². The van der Waals surface area contributed by atoms with Gasteiger partial charge < -0.3 is 15.0 Å². The minimum Gasteiger partial charge on any atom is -0.395 e. The van der Waals surface area contributed by atoms with Gasteiger partial charge in [-0.2, -0.15) is 0 Å². The Morgan fingerprint density at radius 3 is 2.54 bits per heavy atom. The van der Waals surface area contributed by atoms with E-state index in [4.69, 9.17) is 0 Å². The first-order chi connectivity index (χ1) is 13.7. The second-order valence-electron chi connectivity index (χ2n) is 8.38. The van der Waals surface area contributed by atoms with Crippen LogP contribution < -0.4 is 0 Å². The molecule has 2 aliphatic heterocycles. The van der Waals surface area contributed by atoms with Crippen LogP contribution in [0.4, 0.5) is 4.79 Å². The van der Waals surface area contributed by atoms with Crippen molar-refractivity contribution in [2.75, 3.05) is 32.8 Å². The van der Waals surface area contributed by atoms with Crippen molar-refractivity contribution in [3.05, 3.63) is 36.0 Å². The molecule has 3 heterocycles. The fraction of sp³-hybridized carbons (Fsp3) is 0.591. The number of hydrogen-bond donors (Lipinski definition) is 3. The topological polar surface area (TPSA) is 59.6 Å². The fourth-order valence-electron chi connectivity index (χ4n) is 5.09. The lowest BCUT2D eigenvalue weighted by Crippen LogP contribution is -2.45. The Morgan fingerprint density at radius 1 is 1.14 bits per heavy atom. The van der Waals surface area contributed by atoms with Gasteiger partial charge in [-0.1, -0.05) is 30.8 Å². The number of para-hydroxylation sites is 1. The van der Waals surface area contributed by atoms with Crippen LogP contribution in [0.3, 0.4) is 0 Å². The smallest absolute Gasteiger partial charge is 0.278 e. The predicted octanol–water partition coefficient (Wildman–Crippen LogP) is 3.86. The first kappa shape index (κ1) is 19.8. The van der Waals surface area contributed by atoms with Crippen LogP contribution in [0.15, 0.2) is 30.5 Å². The van der Waals surface area contributed by atoms with Crippen molar-refractivity contribution in [2.24, 2.45) is 5.92 Å². The van der Waals surface area contributed by atoms with E-state index < -0.39 is 0 Å². The SMILES string of the molecule is O=C(S)N1CCC(CC(CO)N2CCC(c3c[nH]c4ccccc34)CC2)CC1. The molecule has 4 rings (SSSR count). The molecule has 152 valence electrons. The molecule has 0 saturated carbocycles. The Morgan fingerprint density at radius 2 is 1.86 bits per heavy atom. The molecule has 2 aliphatic rings. The number of fused-ring (bicyclic) bond motifs is 1. The van der Waals surface area contributed by atoms with Crippen LogP contribution in [0.1, 0.15) is 43.6 Å². The quantitative estimate of drug-likeness (QED) is 0.667. The van der Waals surface area contributed by atoms with Crippen LogP contribution in [0.25, 0.3) is 10.9 Å². The number of likely N-dealkylation sites (tertiary alicyclic amines) is 2. The summed E-state index contributed by atoms with van der Waals surface area (Å²) >= 11 is 3.93. The number of nitrogens with zero attached hydrogens (tertiary/aromatic N) is 2. The Hall–Kier alpha value is -1.50. The van der Waals surface area contributed by atoms with Crippen LogP contribution in [-0.2, 0) is 0 Å². The molecule has 1 amide bonds. The minimum atomic E-state index is -0.114. The highest BCUT2D eigenvalue weighted by Gasteiger charge is 2.30. The van der Waals surface area contributed by atoms with Gasteiger partial charge >= 0.3 is 0 Å². The summed E-state index contributed by atoms with van der Waals surface area (Å²) in [5, 5.41) is 11.3. The Bertz CT molecular complexity index is 792. The summed E-state index contributed by atoms with van der Waals surface area (Å²) < 4.78 is 0. The molecule has 1 unspecified atom stereocenters. The highest BCUT2D eigenvalue weighted by Crippen LogP contribution is 2.34. The number of carbonyl (C=O) groups excluding carboxylic acids is 1. The maximum atomic E-state index is 11.4. The summed E-state index contributed by atoms with van der Waals surface area (Å²) in [4.78, 5) is 19.1. The van der Waals surface area contributed by atoms with Crippen molar-refractivity contribution in [1.82, 2.24) is 14.8 Å². The van der Waals surface area contributed by atoms with Crippen molar-refractivity contribution in [3.8, 4) is 0 Å². The van der Waals surface area contributed by atoms with E-state index in [0.717, 1.165) is 58.3 Å². The first-order valence-corrected chi connectivity index (χ1v) is 11.0. The van der Waals surface area contributed by atoms with Crippen molar-refractivity contribution in [3.63, 3.8) is 0 Å². The maximum Gasteiger partial charge on any atom is 0.278 e. The second-order valence-corrected chi connectivity index (χ2v) is 8.77. The van der Waals surface area contributed by atoms with E-state index in [-0.39, 0.29) is 17.9 Å². The largest absolute Gasteiger partial charge is 0.395 e. The highest BCUT2D eigenvalue weighted by atomic mass is 32.1. The monoisotopic (exact) mass is 401 g/mol. The number of hydrogen-bond acceptors (Lipinski definition) is 3. The van der Waals surface area contributed by atoms with Crippen LogP contribution in [-0.4, -0.2) is 64.0 Å². The zero-order valence-electron chi connectivity index (χ0n) is 16.4. The summed E-state index contributed by atoms with van der Waals surface area (Å²) in [6, 6.07) is 8.79. The third-order valence-corrected chi connectivity index (χ3v) is 7.09. The molecule has 28 heavy (non-hydrogen) atoms. The van der Waals surface area contributed by atoms with E-state index in [1.54, 1.807) is 0 Å². The normalized spacial score (nSPS) is 21.3. The number of H-pyrrole nitrogens is 1. The molecule has 0 aliphatic carbocycles. The van der Waals surface area contributed by atoms with Crippen LogP contribution >= 0.6 is 12.6 Å². The summed E-state index contributed by atoms with van der Waals surface area (Å²) in [7, 11) is 0. The lowest BCUT2D eigenvalue weighted by atomic mass is 9.86. The van der Waals surface area contributed by atoms with Gasteiger partial charge in [0, 0.05) is 36.2 Å². The summed E-state index contributed by atoms with van der Waals surface area (Å²) in [6.07, 6.45) is 7.55. The number of aromatic amines is 1. The molecule has 2 saturated heterocycles. The third-order valence-electron chi connectivity index (χ3n) is 6.81. The Labute approximate surface area is 172 Å². The first-order valence-electron chi connectivity index (χ1n) is 10.5. The van der Waals surface area contributed by atoms with Crippen molar-refractivity contribution >= 4 is 28.8 Å². The van der Waals surface area contributed by atoms with Crippen molar-refractivity contribution < 1.29 is 9.90 Å². The molecule has 6 heteroatoms. The molecule has 1 atom stereocenters.